The molecule has 0 bridgehead atoms. The quantitative estimate of drug-likeness (QED) is 0.289. The number of rotatable bonds is 13. The summed E-state index contributed by atoms with van der Waals surface area (Å²) in [6.45, 7) is 2.62. The van der Waals surface area contributed by atoms with Gasteiger partial charge in [0, 0.05) is 49.5 Å². The highest BCUT2D eigenvalue weighted by Crippen LogP contribution is 2.36. The largest absolute Gasteiger partial charge is 0.493 e. The number of unbranched alkanes of at least 4 members (excludes halogenated alkanes) is 2. The van der Waals surface area contributed by atoms with Gasteiger partial charge in [0.2, 0.25) is 0 Å². The summed E-state index contributed by atoms with van der Waals surface area (Å²) in [7, 11) is 1.36. The molecule has 1 saturated heterocycles. The Kier molecular flexibility index (Phi) is 9.28. The van der Waals surface area contributed by atoms with Crippen molar-refractivity contribution in [3.05, 3.63) is 70.5 Å². The maximum Gasteiger partial charge on any atom is 0.325 e. The fraction of sp³-hybridized carbons (Fsp3) is 0.500. The van der Waals surface area contributed by atoms with Crippen molar-refractivity contribution >= 4 is 11.8 Å². The van der Waals surface area contributed by atoms with Crippen molar-refractivity contribution in [2.45, 2.75) is 63.5 Å². The van der Waals surface area contributed by atoms with Crippen LogP contribution in [0.15, 0.2) is 41.2 Å². The van der Waals surface area contributed by atoms with Gasteiger partial charge in [0.15, 0.2) is 11.6 Å². The van der Waals surface area contributed by atoms with Gasteiger partial charge in [-0.15, -0.1) is 0 Å². The lowest BCUT2D eigenvalue weighted by Gasteiger charge is -2.26. The second-order valence-corrected chi connectivity index (χ2v) is 10.6. The molecule has 2 aliphatic heterocycles. The Morgan fingerprint density at radius 3 is 2.98 bits per heavy atom. The van der Waals surface area contributed by atoms with E-state index in [1.54, 1.807) is 12.3 Å². The van der Waals surface area contributed by atoms with Gasteiger partial charge in [-0.1, -0.05) is 17.6 Å². The average molecular weight is 553 g/mol. The topological polar surface area (TPSA) is 110 Å². The summed E-state index contributed by atoms with van der Waals surface area (Å²) in [5, 5.41) is 17.2. The van der Waals surface area contributed by atoms with Crippen LogP contribution in [0, 0.1) is 5.82 Å². The monoisotopic (exact) mass is 552 g/mol. The molecule has 0 aliphatic carbocycles. The third kappa shape index (κ3) is 6.79. The summed E-state index contributed by atoms with van der Waals surface area (Å²) in [6.07, 6.45) is 10.3. The number of hydrogen-bond donors (Lipinski definition) is 2. The fourth-order valence-electron chi connectivity index (χ4n) is 5.70. The number of aliphatic carboxylic acids is 1. The van der Waals surface area contributed by atoms with E-state index >= 15 is 0 Å². The van der Waals surface area contributed by atoms with Crippen LogP contribution in [0.1, 0.15) is 66.1 Å². The number of carbonyl (C=O) groups is 1. The summed E-state index contributed by atoms with van der Waals surface area (Å²) in [4.78, 5) is 19.0. The van der Waals surface area contributed by atoms with Crippen molar-refractivity contribution < 1.29 is 28.3 Å². The van der Waals surface area contributed by atoms with Crippen LogP contribution < -0.4 is 10.1 Å². The normalized spacial score (nSPS) is 17.8. The lowest BCUT2D eigenvalue weighted by atomic mass is 9.98. The highest BCUT2D eigenvalue weighted by atomic mass is 19.1. The first-order valence-electron chi connectivity index (χ1n) is 14.1. The molecule has 2 atom stereocenters. The molecule has 1 unspecified atom stereocenters. The van der Waals surface area contributed by atoms with E-state index in [1.807, 2.05) is 4.90 Å². The highest BCUT2D eigenvalue weighted by Gasteiger charge is 2.36. The number of aromatic nitrogens is 2. The SMILES string of the molecule is COc1c(F)cc(Cc2cnoc2)cc1C(C(=O)O)N1CC[C@@H](OCCCCCc2ccc3c(n2)NCCC3)C1. The number of aryl methyl sites for hydroxylation is 2. The number of hydrogen-bond acceptors (Lipinski definition) is 8. The molecule has 1 fully saturated rings. The standard InChI is InChI=1S/C30H37FN4O5/c1-38-28-25(15-20(16-26(28)31)14-21-17-33-40-19-21)27(30(36)37)35-12-10-24(18-35)39-13-4-2-3-7-23-9-8-22-6-5-11-32-29(22)34-23/h8-9,15-17,19,24,27H,2-7,10-14,18H2,1H3,(H,32,34)(H,36,37)/t24-,27?/m1/s1. The Morgan fingerprint density at radius 1 is 1.27 bits per heavy atom. The van der Waals surface area contributed by atoms with E-state index in [-0.39, 0.29) is 11.9 Å². The number of fused-ring (bicyclic) bond motifs is 1. The van der Waals surface area contributed by atoms with E-state index in [0.29, 0.717) is 37.2 Å². The van der Waals surface area contributed by atoms with Crippen LogP contribution >= 0.6 is 0 Å². The van der Waals surface area contributed by atoms with Crippen molar-refractivity contribution in [2.24, 2.45) is 0 Å². The zero-order valence-electron chi connectivity index (χ0n) is 22.9. The molecule has 0 radical (unpaired) electrons. The Balaban J connectivity index is 1.12. The number of methoxy groups -OCH3 is 1. The van der Waals surface area contributed by atoms with Gasteiger partial charge in [0.1, 0.15) is 18.1 Å². The van der Waals surface area contributed by atoms with Crippen molar-refractivity contribution in [1.82, 2.24) is 15.0 Å². The fourth-order valence-corrected chi connectivity index (χ4v) is 5.70. The lowest BCUT2D eigenvalue weighted by molar-refractivity contribution is -0.143. The van der Waals surface area contributed by atoms with Crippen molar-refractivity contribution in [1.29, 1.82) is 0 Å². The summed E-state index contributed by atoms with van der Waals surface area (Å²) in [5.41, 5.74) is 4.12. The van der Waals surface area contributed by atoms with E-state index < -0.39 is 17.8 Å². The van der Waals surface area contributed by atoms with Crippen molar-refractivity contribution in [3.8, 4) is 5.75 Å². The minimum Gasteiger partial charge on any atom is -0.493 e. The number of benzene rings is 1. The molecular formula is C30H37FN4O5. The van der Waals surface area contributed by atoms with Crippen LogP contribution in [0.3, 0.4) is 0 Å². The van der Waals surface area contributed by atoms with E-state index in [0.717, 1.165) is 68.6 Å². The Hall–Kier alpha value is -3.50. The molecule has 214 valence electrons. The molecule has 40 heavy (non-hydrogen) atoms. The van der Waals surface area contributed by atoms with Gasteiger partial charge in [0.25, 0.3) is 0 Å². The molecule has 0 spiro atoms. The van der Waals surface area contributed by atoms with Crippen molar-refractivity contribution in [2.75, 3.05) is 38.7 Å². The van der Waals surface area contributed by atoms with Gasteiger partial charge in [-0.3, -0.25) is 9.69 Å². The smallest absolute Gasteiger partial charge is 0.325 e. The first kappa shape index (κ1) is 28.0. The summed E-state index contributed by atoms with van der Waals surface area (Å²) >= 11 is 0. The molecule has 2 aliphatic rings. The first-order valence-corrected chi connectivity index (χ1v) is 14.1. The third-order valence-electron chi connectivity index (χ3n) is 7.68. The van der Waals surface area contributed by atoms with Crippen LogP contribution in [-0.2, 0) is 28.8 Å². The number of ether oxygens (including phenoxy) is 2. The number of anilines is 1. The zero-order valence-corrected chi connectivity index (χ0v) is 22.9. The zero-order chi connectivity index (χ0) is 27.9. The van der Waals surface area contributed by atoms with E-state index in [9.17, 15) is 14.3 Å². The predicted molar refractivity (Wildman–Crippen MR) is 147 cm³/mol. The van der Waals surface area contributed by atoms with E-state index in [2.05, 4.69) is 22.6 Å². The molecule has 1 aromatic carbocycles. The second kappa shape index (κ2) is 13.2. The van der Waals surface area contributed by atoms with Gasteiger partial charge in [-0.05, 0) is 67.9 Å². The maximum absolute atomic E-state index is 15.0. The number of halogens is 1. The highest BCUT2D eigenvalue weighted by molar-refractivity contribution is 5.77. The van der Waals surface area contributed by atoms with E-state index in [1.165, 1.54) is 25.0 Å². The van der Waals surface area contributed by atoms with Gasteiger partial charge >= 0.3 is 5.97 Å². The van der Waals surface area contributed by atoms with Gasteiger partial charge < -0.3 is 24.4 Å². The molecular weight excluding hydrogens is 515 g/mol. The molecule has 3 aromatic rings. The number of nitrogens with one attached hydrogen (secondary N) is 1. The van der Waals surface area contributed by atoms with E-state index in [4.69, 9.17) is 19.0 Å². The molecule has 0 amide bonds. The Morgan fingerprint density at radius 2 is 2.17 bits per heavy atom. The van der Waals surface area contributed by atoms with Crippen LogP contribution in [0.25, 0.3) is 0 Å². The Bertz CT molecular complexity index is 1290. The molecule has 4 heterocycles. The van der Waals surface area contributed by atoms with Crippen LogP contribution in [0.5, 0.6) is 5.75 Å². The van der Waals surface area contributed by atoms with Gasteiger partial charge in [0.05, 0.1) is 19.4 Å². The van der Waals surface area contributed by atoms with Crippen LogP contribution in [0.2, 0.25) is 0 Å². The number of carboxylic acids is 1. The minimum absolute atomic E-state index is 0.0463. The van der Waals surface area contributed by atoms with Crippen LogP contribution in [0.4, 0.5) is 10.2 Å². The molecule has 9 nitrogen and oxygen atoms in total. The average Bonchev–Trinajstić information content (AvgIpc) is 3.63. The lowest BCUT2D eigenvalue weighted by Crippen LogP contribution is -2.34. The number of pyridine rings is 1. The van der Waals surface area contributed by atoms with Gasteiger partial charge in [-0.25, -0.2) is 9.37 Å². The summed E-state index contributed by atoms with van der Waals surface area (Å²) in [5.74, 6) is -0.645. The molecule has 0 saturated carbocycles. The number of nitrogens with zero attached hydrogens (tertiary/aromatic N) is 3. The molecule has 10 heteroatoms. The minimum atomic E-state index is -1.05. The maximum atomic E-state index is 15.0. The summed E-state index contributed by atoms with van der Waals surface area (Å²) < 4.78 is 31.3. The second-order valence-electron chi connectivity index (χ2n) is 10.6. The number of likely N-dealkylation sites (tertiary alicyclic amines) is 1. The molecule has 2 N–H and O–H groups in total. The summed E-state index contributed by atoms with van der Waals surface area (Å²) in [6, 6.07) is 6.36. The van der Waals surface area contributed by atoms with Gasteiger partial charge in [-0.2, -0.15) is 0 Å². The first-order chi connectivity index (χ1) is 19.5. The predicted octanol–water partition coefficient (Wildman–Crippen LogP) is 4.80. The van der Waals surface area contributed by atoms with Crippen molar-refractivity contribution in [3.63, 3.8) is 0 Å². The van der Waals surface area contributed by atoms with Crippen LogP contribution in [-0.4, -0.2) is 65.6 Å². The molecule has 5 rings (SSSR count). The Labute approximate surface area is 233 Å². The molecule has 2 aromatic heterocycles. The number of carboxylic acid groups (broad SMARTS) is 1. The third-order valence-corrected chi connectivity index (χ3v) is 7.68.